The number of halogens is 1. The van der Waals surface area contributed by atoms with Crippen LogP contribution >= 0.6 is 22.9 Å². The molecular formula is C16H24ClN3OS. The number of carbonyl (C=O) groups excluding carboxylic acids is 1. The van der Waals surface area contributed by atoms with Crippen LogP contribution < -0.4 is 5.73 Å². The molecule has 0 aromatic carbocycles. The summed E-state index contributed by atoms with van der Waals surface area (Å²) in [5, 5.41) is 0. The molecule has 0 bridgehead atoms. The number of rotatable bonds is 3. The highest BCUT2D eigenvalue weighted by Crippen LogP contribution is 2.26. The quantitative estimate of drug-likeness (QED) is 0.919. The maximum absolute atomic E-state index is 12.6. The van der Waals surface area contributed by atoms with Crippen molar-refractivity contribution in [2.24, 2.45) is 11.7 Å². The Kier molecular flexibility index (Phi) is 5.39. The summed E-state index contributed by atoms with van der Waals surface area (Å²) in [5.41, 5.74) is 6.01. The lowest BCUT2D eigenvalue weighted by Crippen LogP contribution is -2.50. The van der Waals surface area contributed by atoms with Gasteiger partial charge in [-0.1, -0.05) is 18.0 Å². The zero-order chi connectivity index (χ0) is 15.5. The smallest absolute Gasteiger partial charge is 0.225 e. The van der Waals surface area contributed by atoms with E-state index in [1.54, 1.807) is 11.3 Å². The van der Waals surface area contributed by atoms with Gasteiger partial charge < -0.3 is 10.6 Å². The number of hydrogen-bond acceptors (Lipinski definition) is 4. The van der Waals surface area contributed by atoms with Crippen LogP contribution in [-0.2, 0) is 11.3 Å². The first-order valence-corrected chi connectivity index (χ1v) is 9.32. The number of nitrogens with zero attached hydrogens (tertiary/aromatic N) is 2. The van der Waals surface area contributed by atoms with Crippen LogP contribution in [0.15, 0.2) is 12.1 Å². The average molecular weight is 342 g/mol. The van der Waals surface area contributed by atoms with Gasteiger partial charge in [0.05, 0.1) is 4.34 Å². The topological polar surface area (TPSA) is 49.6 Å². The highest BCUT2D eigenvalue weighted by Gasteiger charge is 2.30. The van der Waals surface area contributed by atoms with E-state index in [0.717, 1.165) is 62.7 Å². The molecule has 22 heavy (non-hydrogen) atoms. The first kappa shape index (κ1) is 16.2. The fourth-order valence-corrected chi connectivity index (χ4v) is 4.62. The summed E-state index contributed by atoms with van der Waals surface area (Å²) in [6.07, 6.45) is 4.05. The van der Waals surface area contributed by atoms with E-state index >= 15 is 0 Å². The maximum atomic E-state index is 12.6. The Morgan fingerprint density at radius 1 is 1.27 bits per heavy atom. The number of amides is 1. The van der Waals surface area contributed by atoms with Crippen molar-refractivity contribution in [1.82, 2.24) is 9.80 Å². The Balaban J connectivity index is 1.47. The van der Waals surface area contributed by atoms with Gasteiger partial charge in [0, 0.05) is 49.6 Å². The van der Waals surface area contributed by atoms with E-state index in [4.69, 9.17) is 17.3 Å². The third-order valence-corrected chi connectivity index (χ3v) is 5.97. The van der Waals surface area contributed by atoms with Crippen molar-refractivity contribution in [3.05, 3.63) is 21.3 Å². The van der Waals surface area contributed by atoms with Crippen molar-refractivity contribution in [3.63, 3.8) is 0 Å². The number of carbonyl (C=O) groups is 1. The highest BCUT2D eigenvalue weighted by atomic mass is 35.5. The molecule has 2 heterocycles. The van der Waals surface area contributed by atoms with Gasteiger partial charge in [-0.3, -0.25) is 9.69 Å². The first-order valence-electron chi connectivity index (χ1n) is 8.13. The zero-order valence-corrected chi connectivity index (χ0v) is 14.4. The highest BCUT2D eigenvalue weighted by molar-refractivity contribution is 7.16. The molecule has 1 amide bonds. The van der Waals surface area contributed by atoms with Gasteiger partial charge in [-0.15, -0.1) is 11.3 Å². The standard InChI is InChI=1S/C16H24ClN3OS/c17-15-5-4-14(22-15)11-19-6-8-20(9-7-19)16(21)12-2-1-3-13(18)10-12/h4-5,12-13H,1-3,6-11,18H2. The minimum Gasteiger partial charge on any atom is -0.340 e. The van der Waals surface area contributed by atoms with Crippen LogP contribution in [0.1, 0.15) is 30.6 Å². The van der Waals surface area contributed by atoms with Gasteiger partial charge in [0.2, 0.25) is 5.91 Å². The molecule has 2 atom stereocenters. The fourth-order valence-electron chi connectivity index (χ4n) is 3.49. The van der Waals surface area contributed by atoms with E-state index in [0.29, 0.717) is 5.91 Å². The summed E-state index contributed by atoms with van der Waals surface area (Å²) in [4.78, 5) is 18.3. The minimum absolute atomic E-state index is 0.159. The second-order valence-corrected chi connectivity index (χ2v) is 8.23. The molecule has 1 aromatic rings. The van der Waals surface area contributed by atoms with E-state index in [1.165, 1.54) is 4.88 Å². The van der Waals surface area contributed by atoms with E-state index < -0.39 is 0 Å². The monoisotopic (exact) mass is 341 g/mol. The van der Waals surface area contributed by atoms with E-state index in [2.05, 4.69) is 11.0 Å². The van der Waals surface area contributed by atoms with Gasteiger partial charge in [-0.25, -0.2) is 0 Å². The van der Waals surface area contributed by atoms with Gasteiger partial charge in [0.1, 0.15) is 0 Å². The lowest BCUT2D eigenvalue weighted by atomic mass is 9.85. The van der Waals surface area contributed by atoms with Crippen molar-refractivity contribution in [2.45, 2.75) is 38.3 Å². The molecule has 2 unspecified atom stereocenters. The Bertz CT molecular complexity index is 513. The van der Waals surface area contributed by atoms with E-state index in [1.807, 2.05) is 11.0 Å². The van der Waals surface area contributed by atoms with Gasteiger partial charge >= 0.3 is 0 Å². The largest absolute Gasteiger partial charge is 0.340 e. The molecule has 1 aliphatic carbocycles. The lowest BCUT2D eigenvalue weighted by molar-refractivity contribution is -0.138. The van der Waals surface area contributed by atoms with Crippen LogP contribution in [0.25, 0.3) is 0 Å². The number of piperazine rings is 1. The summed E-state index contributed by atoms with van der Waals surface area (Å²) >= 11 is 7.62. The fraction of sp³-hybridized carbons (Fsp3) is 0.688. The predicted molar refractivity (Wildman–Crippen MR) is 91.1 cm³/mol. The van der Waals surface area contributed by atoms with E-state index in [-0.39, 0.29) is 12.0 Å². The summed E-state index contributed by atoms with van der Waals surface area (Å²) < 4.78 is 0.845. The van der Waals surface area contributed by atoms with Crippen molar-refractivity contribution >= 4 is 28.8 Å². The second kappa shape index (κ2) is 7.30. The minimum atomic E-state index is 0.159. The van der Waals surface area contributed by atoms with Crippen molar-refractivity contribution in [3.8, 4) is 0 Å². The van der Waals surface area contributed by atoms with Gasteiger partial charge in [-0.2, -0.15) is 0 Å². The Hall–Kier alpha value is -0.620. The van der Waals surface area contributed by atoms with Crippen molar-refractivity contribution in [1.29, 1.82) is 0 Å². The molecule has 2 fully saturated rings. The summed E-state index contributed by atoms with van der Waals surface area (Å²) in [5.74, 6) is 0.486. The molecule has 1 saturated carbocycles. The molecule has 1 aromatic heterocycles. The van der Waals surface area contributed by atoms with Crippen LogP contribution in [0, 0.1) is 5.92 Å². The first-order chi connectivity index (χ1) is 10.6. The van der Waals surface area contributed by atoms with Crippen molar-refractivity contribution < 1.29 is 4.79 Å². The molecule has 0 radical (unpaired) electrons. The molecule has 6 heteroatoms. The van der Waals surface area contributed by atoms with Gasteiger partial charge in [0.25, 0.3) is 0 Å². The molecule has 1 saturated heterocycles. The van der Waals surface area contributed by atoms with Crippen molar-refractivity contribution in [2.75, 3.05) is 26.2 Å². The van der Waals surface area contributed by atoms with Crippen LogP contribution in [0.2, 0.25) is 4.34 Å². The molecule has 2 N–H and O–H groups in total. The summed E-state index contributed by atoms with van der Waals surface area (Å²) in [6, 6.07) is 4.26. The molecular weight excluding hydrogens is 318 g/mol. The molecule has 4 nitrogen and oxygen atoms in total. The SMILES string of the molecule is NC1CCCC(C(=O)N2CCN(Cc3ccc(Cl)s3)CC2)C1. The van der Waals surface area contributed by atoms with Crippen LogP contribution in [0.3, 0.4) is 0 Å². The molecule has 0 spiro atoms. The molecule has 3 rings (SSSR count). The van der Waals surface area contributed by atoms with Gasteiger partial charge in [-0.05, 0) is 31.4 Å². The Morgan fingerprint density at radius 2 is 2.05 bits per heavy atom. The lowest BCUT2D eigenvalue weighted by Gasteiger charge is -2.37. The second-order valence-electron chi connectivity index (χ2n) is 6.43. The molecule has 2 aliphatic rings. The third kappa shape index (κ3) is 4.02. The van der Waals surface area contributed by atoms with E-state index in [9.17, 15) is 4.79 Å². The Morgan fingerprint density at radius 3 is 2.68 bits per heavy atom. The van der Waals surface area contributed by atoms with Crippen LogP contribution in [0.5, 0.6) is 0 Å². The van der Waals surface area contributed by atoms with Crippen LogP contribution in [-0.4, -0.2) is 47.9 Å². The zero-order valence-electron chi connectivity index (χ0n) is 12.8. The third-order valence-electron chi connectivity index (χ3n) is 4.76. The Labute approximate surface area is 141 Å². The maximum Gasteiger partial charge on any atom is 0.225 e. The van der Waals surface area contributed by atoms with Gasteiger partial charge in [0.15, 0.2) is 0 Å². The number of nitrogens with two attached hydrogens (primary N) is 1. The number of hydrogen-bond donors (Lipinski definition) is 1. The molecule has 1 aliphatic heterocycles. The average Bonchev–Trinajstić information content (AvgIpc) is 2.92. The van der Waals surface area contributed by atoms with Crippen LogP contribution in [0.4, 0.5) is 0 Å². The normalized spacial score (nSPS) is 27.1. The number of thiophene rings is 1. The predicted octanol–water partition coefficient (Wildman–Crippen LogP) is 2.56. The summed E-state index contributed by atoms with van der Waals surface area (Å²) in [7, 11) is 0. The summed E-state index contributed by atoms with van der Waals surface area (Å²) in [6.45, 7) is 4.50. The molecule has 122 valence electrons.